The van der Waals surface area contributed by atoms with Crippen molar-refractivity contribution >= 4 is 5.84 Å². The predicted molar refractivity (Wildman–Crippen MR) is 63.5 cm³/mol. The minimum absolute atomic E-state index is 0.262. The van der Waals surface area contributed by atoms with Crippen molar-refractivity contribution in [2.75, 3.05) is 13.1 Å². The Balaban J connectivity index is 2.06. The molecule has 0 unspecified atom stereocenters. The lowest BCUT2D eigenvalue weighted by atomic mass is 9.85. The van der Waals surface area contributed by atoms with Crippen LogP contribution in [0.3, 0.4) is 0 Å². The highest BCUT2D eigenvalue weighted by Gasteiger charge is 2.28. The Hall–Kier alpha value is -0.810. The van der Waals surface area contributed by atoms with Gasteiger partial charge in [0.2, 0.25) is 0 Å². The molecule has 0 saturated heterocycles. The predicted octanol–water partition coefficient (Wildman–Crippen LogP) is 0.798. The first-order chi connectivity index (χ1) is 7.66. The van der Waals surface area contributed by atoms with Crippen LogP contribution in [0.2, 0.25) is 0 Å². The maximum absolute atomic E-state index is 10.2. The first-order valence-corrected chi connectivity index (χ1v) is 6.06. The van der Waals surface area contributed by atoms with Crippen LogP contribution in [-0.4, -0.2) is 34.8 Å². The average molecular weight is 229 g/mol. The van der Waals surface area contributed by atoms with E-state index < -0.39 is 5.60 Å². The molecule has 94 valence electrons. The molecule has 5 heteroatoms. The van der Waals surface area contributed by atoms with Gasteiger partial charge in [-0.3, -0.25) is 0 Å². The van der Waals surface area contributed by atoms with Crippen molar-refractivity contribution in [1.29, 1.82) is 0 Å². The zero-order valence-corrected chi connectivity index (χ0v) is 9.78. The Morgan fingerprint density at radius 3 is 2.62 bits per heavy atom. The maximum Gasteiger partial charge on any atom is 0.139 e. The van der Waals surface area contributed by atoms with Crippen molar-refractivity contribution in [3.63, 3.8) is 0 Å². The standard InChI is InChI=1S/C11H23N3O2/c12-10(14-16)5-4-8-13-9-11(15)6-2-1-3-7-11/h13,15-16H,1-9H2,(H2,12,14). The van der Waals surface area contributed by atoms with Crippen LogP contribution in [0.25, 0.3) is 0 Å². The van der Waals surface area contributed by atoms with Crippen LogP contribution in [0.4, 0.5) is 0 Å². The summed E-state index contributed by atoms with van der Waals surface area (Å²) < 4.78 is 0. The topological polar surface area (TPSA) is 90.9 Å². The molecule has 0 bridgehead atoms. The van der Waals surface area contributed by atoms with E-state index in [1.807, 2.05) is 0 Å². The number of hydrogen-bond acceptors (Lipinski definition) is 4. The molecule has 0 spiro atoms. The smallest absolute Gasteiger partial charge is 0.139 e. The molecule has 5 nitrogen and oxygen atoms in total. The number of aliphatic hydroxyl groups is 1. The summed E-state index contributed by atoms with van der Waals surface area (Å²) in [5.41, 5.74) is 4.84. The highest BCUT2D eigenvalue weighted by atomic mass is 16.4. The zero-order chi connectivity index (χ0) is 11.9. The van der Waals surface area contributed by atoms with Crippen LogP contribution in [0.15, 0.2) is 5.16 Å². The maximum atomic E-state index is 10.2. The molecule has 0 aromatic carbocycles. The van der Waals surface area contributed by atoms with E-state index in [0.29, 0.717) is 13.0 Å². The van der Waals surface area contributed by atoms with Gasteiger partial charge in [-0.25, -0.2) is 0 Å². The third kappa shape index (κ3) is 4.81. The molecule has 16 heavy (non-hydrogen) atoms. The number of nitrogens with zero attached hydrogens (tertiary/aromatic N) is 1. The van der Waals surface area contributed by atoms with Crippen molar-refractivity contribution < 1.29 is 10.3 Å². The summed E-state index contributed by atoms with van der Waals surface area (Å²) in [5.74, 6) is 0.262. The highest BCUT2D eigenvalue weighted by molar-refractivity contribution is 5.79. The van der Waals surface area contributed by atoms with Gasteiger partial charge in [-0.15, -0.1) is 0 Å². The molecule has 1 aliphatic rings. The van der Waals surface area contributed by atoms with E-state index >= 15 is 0 Å². The summed E-state index contributed by atoms with van der Waals surface area (Å²) in [4.78, 5) is 0. The molecular weight excluding hydrogens is 206 g/mol. The van der Waals surface area contributed by atoms with E-state index in [1.165, 1.54) is 6.42 Å². The Morgan fingerprint density at radius 1 is 1.31 bits per heavy atom. The minimum Gasteiger partial charge on any atom is -0.409 e. The quantitative estimate of drug-likeness (QED) is 0.178. The summed E-state index contributed by atoms with van der Waals surface area (Å²) in [5, 5.41) is 24.7. The van der Waals surface area contributed by atoms with Crippen LogP contribution in [0.5, 0.6) is 0 Å². The molecule has 1 rings (SSSR count). The van der Waals surface area contributed by atoms with Gasteiger partial charge in [0, 0.05) is 13.0 Å². The number of hydrogen-bond donors (Lipinski definition) is 4. The summed E-state index contributed by atoms with van der Waals surface area (Å²) >= 11 is 0. The fourth-order valence-electron chi connectivity index (χ4n) is 2.15. The van der Waals surface area contributed by atoms with Crippen molar-refractivity contribution in [3.8, 4) is 0 Å². The molecule has 5 N–H and O–H groups in total. The van der Waals surface area contributed by atoms with Gasteiger partial charge in [0.25, 0.3) is 0 Å². The average Bonchev–Trinajstić information content (AvgIpc) is 2.29. The van der Waals surface area contributed by atoms with E-state index in [4.69, 9.17) is 10.9 Å². The monoisotopic (exact) mass is 229 g/mol. The lowest BCUT2D eigenvalue weighted by Gasteiger charge is -2.32. The molecule has 0 radical (unpaired) electrons. The fraction of sp³-hybridized carbons (Fsp3) is 0.909. The van der Waals surface area contributed by atoms with Gasteiger partial charge in [0.15, 0.2) is 0 Å². The Morgan fingerprint density at radius 2 is 2.00 bits per heavy atom. The van der Waals surface area contributed by atoms with Gasteiger partial charge < -0.3 is 21.4 Å². The lowest BCUT2D eigenvalue weighted by Crippen LogP contribution is -2.42. The Bertz CT molecular complexity index is 225. The number of amidine groups is 1. The third-order valence-corrected chi connectivity index (χ3v) is 3.15. The summed E-state index contributed by atoms with van der Waals surface area (Å²) in [6.07, 6.45) is 6.71. The molecular formula is C11H23N3O2. The molecule has 0 heterocycles. The van der Waals surface area contributed by atoms with Crippen LogP contribution < -0.4 is 11.1 Å². The molecule has 1 fully saturated rings. The number of nitrogens with one attached hydrogen (secondary N) is 1. The fourth-order valence-corrected chi connectivity index (χ4v) is 2.15. The van der Waals surface area contributed by atoms with Gasteiger partial charge in [-0.2, -0.15) is 0 Å². The molecule has 1 aliphatic carbocycles. The number of rotatable bonds is 6. The van der Waals surface area contributed by atoms with Gasteiger partial charge in [-0.1, -0.05) is 24.4 Å². The van der Waals surface area contributed by atoms with Crippen molar-refractivity contribution in [1.82, 2.24) is 5.32 Å². The zero-order valence-electron chi connectivity index (χ0n) is 9.78. The lowest BCUT2D eigenvalue weighted by molar-refractivity contribution is 0.00509. The Kier molecular flexibility index (Phi) is 5.55. The molecule has 0 aromatic rings. The van der Waals surface area contributed by atoms with E-state index in [0.717, 1.165) is 38.6 Å². The Labute approximate surface area is 96.7 Å². The van der Waals surface area contributed by atoms with Crippen LogP contribution in [-0.2, 0) is 0 Å². The van der Waals surface area contributed by atoms with Crippen LogP contribution >= 0.6 is 0 Å². The number of oxime groups is 1. The van der Waals surface area contributed by atoms with Gasteiger partial charge in [-0.05, 0) is 25.8 Å². The van der Waals surface area contributed by atoms with Crippen molar-refractivity contribution in [2.24, 2.45) is 10.9 Å². The van der Waals surface area contributed by atoms with E-state index in [-0.39, 0.29) is 5.84 Å². The van der Waals surface area contributed by atoms with Crippen LogP contribution in [0, 0.1) is 0 Å². The second-order valence-corrected chi connectivity index (χ2v) is 4.66. The van der Waals surface area contributed by atoms with Gasteiger partial charge in [0.1, 0.15) is 5.84 Å². The summed E-state index contributed by atoms with van der Waals surface area (Å²) in [6.45, 7) is 1.45. The second-order valence-electron chi connectivity index (χ2n) is 4.66. The SMILES string of the molecule is NC(CCCNCC1(O)CCCCC1)=NO. The van der Waals surface area contributed by atoms with E-state index in [1.54, 1.807) is 0 Å². The van der Waals surface area contributed by atoms with Crippen molar-refractivity contribution in [2.45, 2.75) is 50.5 Å². The first kappa shape index (κ1) is 13.3. The molecule has 0 amide bonds. The van der Waals surface area contributed by atoms with Crippen molar-refractivity contribution in [3.05, 3.63) is 0 Å². The third-order valence-electron chi connectivity index (χ3n) is 3.15. The van der Waals surface area contributed by atoms with E-state index in [9.17, 15) is 5.11 Å². The molecule has 1 saturated carbocycles. The molecule has 0 atom stereocenters. The van der Waals surface area contributed by atoms with E-state index in [2.05, 4.69) is 10.5 Å². The number of nitrogens with two attached hydrogens (primary N) is 1. The van der Waals surface area contributed by atoms with Gasteiger partial charge in [0.05, 0.1) is 5.60 Å². The normalized spacial score (nSPS) is 20.9. The second kappa shape index (κ2) is 6.70. The van der Waals surface area contributed by atoms with Gasteiger partial charge >= 0.3 is 0 Å². The minimum atomic E-state index is -0.505. The highest BCUT2D eigenvalue weighted by Crippen LogP contribution is 2.27. The molecule has 0 aliphatic heterocycles. The largest absolute Gasteiger partial charge is 0.409 e. The first-order valence-electron chi connectivity index (χ1n) is 6.06. The molecule has 0 aromatic heterocycles. The van der Waals surface area contributed by atoms with Crippen LogP contribution in [0.1, 0.15) is 44.9 Å². The summed E-state index contributed by atoms with van der Waals surface area (Å²) in [7, 11) is 0. The summed E-state index contributed by atoms with van der Waals surface area (Å²) in [6, 6.07) is 0.